The molecular weight excluding hydrogens is 344 g/mol. The maximum atomic E-state index is 11.3. The second-order valence-electron chi connectivity index (χ2n) is 4.72. The standard InChI is InChI=1S/C12H16N6O4.ClH.H2O/c13-9(11(19)20)1-8-4-18(6-16-8)17-10(12(21)22)2-7-3-14-5-15-7;;/h3-6,9-10,17H,1-2,13H2,(H,14,15)(H,19,20)(H,21,22);1H;1H2/t9-,10-;;/m0../s1. The van der Waals surface area contributed by atoms with Crippen molar-refractivity contribution >= 4 is 24.3 Å². The fourth-order valence-electron chi connectivity index (χ4n) is 1.84. The molecule has 8 N–H and O–H groups in total. The van der Waals surface area contributed by atoms with Crippen LogP contribution in [0.1, 0.15) is 11.4 Å². The fourth-order valence-corrected chi connectivity index (χ4v) is 1.84. The van der Waals surface area contributed by atoms with E-state index in [-0.39, 0.29) is 30.7 Å². The van der Waals surface area contributed by atoms with Crippen LogP contribution in [0.25, 0.3) is 0 Å². The number of nitrogens with one attached hydrogen (secondary N) is 2. The molecule has 2 aromatic heterocycles. The molecule has 0 saturated carbocycles. The number of nitrogens with zero attached hydrogens (tertiary/aromatic N) is 3. The molecule has 11 nitrogen and oxygen atoms in total. The molecule has 0 amide bonds. The summed E-state index contributed by atoms with van der Waals surface area (Å²) in [6.45, 7) is 0. The van der Waals surface area contributed by atoms with Crippen molar-refractivity contribution < 1.29 is 25.3 Å². The Kier molecular flexibility index (Phi) is 8.46. The van der Waals surface area contributed by atoms with Gasteiger partial charge in [-0.25, -0.2) is 14.8 Å². The molecule has 2 aromatic rings. The number of imidazole rings is 2. The van der Waals surface area contributed by atoms with Crippen molar-refractivity contribution in [2.75, 3.05) is 5.43 Å². The molecule has 12 heteroatoms. The van der Waals surface area contributed by atoms with E-state index in [1.54, 1.807) is 6.20 Å². The van der Waals surface area contributed by atoms with E-state index in [2.05, 4.69) is 20.4 Å². The van der Waals surface area contributed by atoms with Crippen LogP contribution in [0.15, 0.2) is 25.0 Å². The van der Waals surface area contributed by atoms with Gasteiger partial charge >= 0.3 is 11.9 Å². The number of hydrogen-bond acceptors (Lipinski definition) is 6. The molecule has 0 aliphatic rings. The largest absolute Gasteiger partial charge is 0.480 e. The third-order valence-electron chi connectivity index (χ3n) is 2.96. The Balaban J connectivity index is 0.00000264. The summed E-state index contributed by atoms with van der Waals surface area (Å²) in [5.41, 5.74) is 9.31. The highest BCUT2D eigenvalue weighted by atomic mass is 35.5. The number of hydrogen-bond donors (Lipinski definition) is 5. The Labute approximate surface area is 142 Å². The van der Waals surface area contributed by atoms with Gasteiger partial charge in [0.1, 0.15) is 18.4 Å². The molecule has 2 rings (SSSR count). The number of carboxylic acids is 2. The number of aliphatic carboxylic acids is 2. The Morgan fingerprint density at radius 3 is 2.58 bits per heavy atom. The molecule has 0 spiro atoms. The number of carboxylic acid groups (broad SMARTS) is 2. The lowest BCUT2D eigenvalue weighted by atomic mass is 10.2. The summed E-state index contributed by atoms with van der Waals surface area (Å²) in [4.78, 5) is 32.6. The summed E-state index contributed by atoms with van der Waals surface area (Å²) in [5, 5.41) is 18.0. The zero-order valence-corrected chi connectivity index (χ0v) is 13.2. The number of halogens is 1. The van der Waals surface area contributed by atoms with E-state index >= 15 is 0 Å². The van der Waals surface area contributed by atoms with Crippen LogP contribution in [0.5, 0.6) is 0 Å². The van der Waals surface area contributed by atoms with Gasteiger partial charge in [-0.1, -0.05) is 0 Å². The van der Waals surface area contributed by atoms with Crippen LogP contribution >= 0.6 is 12.4 Å². The SMILES string of the molecule is Cl.N[C@@H](Cc1cn(N[C@@H](Cc2cnc[nH]2)C(=O)O)cn1)C(=O)O.O. The van der Waals surface area contributed by atoms with E-state index in [4.69, 9.17) is 10.8 Å². The van der Waals surface area contributed by atoms with Gasteiger partial charge in [0, 0.05) is 30.9 Å². The van der Waals surface area contributed by atoms with E-state index in [0.717, 1.165) is 0 Å². The third kappa shape index (κ3) is 5.87. The minimum absolute atomic E-state index is 0. The number of aromatic nitrogens is 4. The Morgan fingerprint density at radius 1 is 1.33 bits per heavy atom. The monoisotopic (exact) mass is 362 g/mol. The minimum Gasteiger partial charge on any atom is -0.480 e. The third-order valence-corrected chi connectivity index (χ3v) is 2.96. The average molecular weight is 363 g/mol. The highest BCUT2D eigenvalue weighted by Crippen LogP contribution is 2.03. The molecule has 0 unspecified atom stereocenters. The van der Waals surface area contributed by atoms with Crippen LogP contribution in [0.3, 0.4) is 0 Å². The molecule has 0 radical (unpaired) electrons. The van der Waals surface area contributed by atoms with E-state index in [0.29, 0.717) is 11.4 Å². The number of nitrogens with two attached hydrogens (primary N) is 1. The first-order valence-corrected chi connectivity index (χ1v) is 6.43. The zero-order chi connectivity index (χ0) is 16.1. The van der Waals surface area contributed by atoms with Crippen molar-refractivity contribution in [3.8, 4) is 0 Å². The lowest BCUT2D eigenvalue weighted by molar-refractivity contribution is -0.139. The summed E-state index contributed by atoms with van der Waals surface area (Å²) in [6, 6.07) is -1.95. The first-order chi connectivity index (χ1) is 10.5. The Bertz CT molecular complexity index is 646. The van der Waals surface area contributed by atoms with E-state index in [9.17, 15) is 14.7 Å². The Hall–Kier alpha value is -2.63. The van der Waals surface area contributed by atoms with Crippen LogP contribution in [0, 0.1) is 0 Å². The van der Waals surface area contributed by atoms with Gasteiger partial charge in [0.15, 0.2) is 0 Å². The van der Waals surface area contributed by atoms with Crippen molar-refractivity contribution in [1.29, 1.82) is 0 Å². The van der Waals surface area contributed by atoms with Crippen molar-refractivity contribution in [2.24, 2.45) is 5.73 Å². The zero-order valence-electron chi connectivity index (χ0n) is 12.4. The molecule has 0 fully saturated rings. The van der Waals surface area contributed by atoms with Gasteiger partial charge in [0.2, 0.25) is 0 Å². The molecule has 134 valence electrons. The molecule has 2 atom stereocenters. The first-order valence-electron chi connectivity index (χ1n) is 6.43. The number of rotatable bonds is 8. The lowest BCUT2D eigenvalue weighted by Crippen LogP contribution is -2.36. The van der Waals surface area contributed by atoms with Crippen LogP contribution in [-0.4, -0.2) is 59.3 Å². The molecule has 2 heterocycles. The van der Waals surface area contributed by atoms with Crippen molar-refractivity contribution in [1.82, 2.24) is 19.6 Å². The number of carbonyl (C=O) groups is 2. The molecular formula is C12H19ClN6O5. The highest BCUT2D eigenvalue weighted by Gasteiger charge is 2.19. The predicted octanol–water partition coefficient (Wildman–Crippen LogP) is -1.60. The Morgan fingerprint density at radius 2 is 2.04 bits per heavy atom. The number of aromatic amines is 1. The van der Waals surface area contributed by atoms with Crippen molar-refractivity contribution in [2.45, 2.75) is 24.9 Å². The summed E-state index contributed by atoms with van der Waals surface area (Å²) < 4.78 is 1.37. The minimum atomic E-state index is -1.12. The number of H-pyrrole nitrogens is 1. The highest BCUT2D eigenvalue weighted by molar-refractivity contribution is 5.85. The van der Waals surface area contributed by atoms with Crippen molar-refractivity contribution in [3.63, 3.8) is 0 Å². The van der Waals surface area contributed by atoms with Gasteiger partial charge < -0.3 is 31.8 Å². The fraction of sp³-hybridized carbons (Fsp3) is 0.333. The topological polar surface area (TPSA) is 191 Å². The molecule has 0 aliphatic heterocycles. The average Bonchev–Trinajstić information content (AvgIpc) is 3.10. The quantitative estimate of drug-likeness (QED) is 0.370. The maximum Gasteiger partial charge on any atom is 0.328 e. The summed E-state index contributed by atoms with van der Waals surface area (Å²) >= 11 is 0. The smallest absolute Gasteiger partial charge is 0.328 e. The molecule has 0 aromatic carbocycles. The second-order valence-corrected chi connectivity index (χ2v) is 4.72. The summed E-state index contributed by atoms with van der Waals surface area (Å²) in [7, 11) is 0. The summed E-state index contributed by atoms with van der Waals surface area (Å²) in [5.74, 6) is -2.16. The van der Waals surface area contributed by atoms with Crippen LogP contribution in [0.4, 0.5) is 0 Å². The molecule has 24 heavy (non-hydrogen) atoms. The van der Waals surface area contributed by atoms with Crippen molar-refractivity contribution in [3.05, 3.63) is 36.4 Å². The van der Waals surface area contributed by atoms with Gasteiger partial charge in [0.25, 0.3) is 0 Å². The lowest BCUT2D eigenvalue weighted by Gasteiger charge is -2.15. The predicted molar refractivity (Wildman–Crippen MR) is 85.5 cm³/mol. The van der Waals surface area contributed by atoms with Gasteiger partial charge in [0.05, 0.1) is 12.0 Å². The normalized spacial score (nSPS) is 12.4. The van der Waals surface area contributed by atoms with Gasteiger partial charge in [-0.15, -0.1) is 12.4 Å². The van der Waals surface area contributed by atoms with Gasteiger partial charge in [-0.05, 0) is 0 Å². The molecule has 0 saturated heterocycles. The second kappa shape index (κ2) is 9.50. The van der Waals surface area contributed by atoms with E-state index in [1.807, 2.05) is 0 Å². The van der Waals surface area contributed by atoms with Gasteiger partial charge in [-0.3, -0.25) is 9.47 Å². The van der Waals surface area contributed by atoms with E-state index in [1.165, 1.54) is 23.5 Å². The first kappa shape index (κ1) is 21.4. The van der Waals surface area contributed by atoms with Crippen LogP contribution in [0.2, 0.25) is 0 Å². The maximum absolute atomic E-state index is 11.3. The van der Waals surface area contributed by atoms with E-state index < -0.39 is 24.0 Å². The van der Waals surface area contributed by atoms with Gasteiger partial charge in [-0.2, -0.15) is 0 Å². The molecule has 0 aliphatic carbocycles. The molecule has 0 bridgehead atoms. The van der Waals surface area contributed by atoms with Crippen LogP contribution in [-0.2, 0) is 22.4 Å². The summed E-state index contributed by atoms with van der Waals surface area (Å²) in [6.07, 6.45) is 6.15. The van der Waals surface area contributed by atoms with Crippen LogP contribution < -0.4 is 11.2 Å².